The number of carbonyl (C=O) groups excluding carboxylic acids is 1. The van der Waals surface area contributed by atoms with Crippen LogP contribution in [0.5, 0.6) is 0 Å². The highest BCUT2D eigenvalue weighted by Crippen LogP contribution is 2.27. The van der Waals surface area contributed by atoms with Gasteiger partial charge in [-0.15, -0.1) is 0 Å². The summed E-state index contributed by atoms with van der Waals surface area (Å²) in [5.74, 6) is -1.68. The summed E-state index contributed by atoms with van der Waals surface area (Å²) in [6.45, 7) is 1.66. The van der Waals surface area contributed by atoms with E-state index in [1.165, 1.54) is 23.2 Å². The molecule has 3 aromatic rings. The van der Waals surface area contributed by atoms with Crippen LogP contribution in [0, 0.1) is 5.82 Å². The van der Waals surface area contributed by atoms with E-state index in [1.54, 1.807) is 31.2 Å². The smallest absolute Gasteiger partial charge is 0.322 e. The fourth-order valence-corrected chi connectivity index (χ4v) is 3.38. The number of halogens is 2. The average molecular weight is 432 g/mol. The minimum atomic E-state index is -1.06. The van der Waals surface area contributed by atoms with E-state index < -0.39 is 23.9 Å². The topological polar surface area (TPSA) is 102 Å². The molecule has 156 valence electrons. The van der Waals surface area contributed by atoms with Gasteiger partial charge < -0.3 is 20.3 Å². The first-order valence-corrected chi connectivity index (χ1v) is 9.50. The van der Waals surface area contributed by atoms with Gasteiger partial charge in [-0.3, -0.25) is 9.59 Å². The number of nitrogens with zero attached hydrogens (tertiary/aromatic N) is 1. The molecular weight excluding hydrogens is 413 g/mol. The summed E-state index contributed by atoms with van der Waals surface area (Å²) in [6, 6.07) is 9.55. The molecule has 0 saturated heterocycles. The number of carbonyl (C=O) groups is 2. The molecule has 0 spiro atoms. The van der Waals surface area contributed by atoms with Gasteiger partial charge in [-0.05, 0) is 42.1 Å². The molecule has 0 aliphatic heterocycles. The molecular formula is C21H19ClFN3O4. The largest absolute Gasteiger partial charge is 0.481 e. The number of anilines is 1. The third-order valence-corrected chi connectivity index (χ3v) is 5.05. The lowest BCUT2D eigenvalue weighted by Crippen LogP contribution is -2.38. The highest BCUT2D eigenvalue weighted by molar-refractivity contribution is 6.31. The number of fused-ring (bicyclic) bond motifs is 1. The second-order valence-electron chi connectivity index (χ2n) is 6.69. The molecule has 0 saturated carbocycles. The highest BCUT2D eigenvalue weighted by atomic mass is 35.5. The zero-order valence-corrected chi connectivity index (χ0v) is 16.7. The number of aliphatic carboxylic acids is 1. The van der Waals surface area contributed by atoms with Crippen molar-refractivity contribution in [3.8, 4) is 0 Å². The number of H-pyrrole nitrogens is 1. The summed E-state index contributed by atoms with van der Waals surface area (Å²) in [6.07, 6.45) is 1.24. The number of urea groups is 1. The molecule has 0 bridgehead atoms. The van der Waals surface area contributed by atoms with E-state index in [2.05, 4.69) is 10.3 Å². The number of amides is 2. The van der Waals surface area contributed by atoms with Gasteiger partial charge >= 0.3 is 12.0 Å². The third-order valence-electron chi connectivity index (χ3n) is 4.76. The summed E-state index contributed by atoms with van der Waals surface area (Å²) >= 11 is 5.77. The first kappa shape index (κ1) is 21.3. The summed E-state index contributed by atoms with van der Waals surface area (Å²) in [5.41, 5.74) is 0.664. The molecule has 0 aliphatic rings. The summed E-state index contributed by atoms with van der Waals surface area (Å²) in [5, 5.41) is 12.7. The second kappa shape index (κ2) is 8.96. The van der Waals surface area contributed by atoms with Crippen molar-refractivity contribution in [1.29, 1.82) is 0 Å². The predicted molar refractivity (Wildman–Crippen MR) is 112 cm³/mol. The van der Waals surface area contributed by atoms with Crippen molar-refractivity contribution in [2.75, 3.05) is 11.9 Å². The molecule has 3 rings (SSSR count). The number of benzene rings is 2. The summed E-state index contributed by atoms with van der Waals surface area (Å²) < 4.78 is 13.4. The van der Waals surface area contributed by atoms with E-state index in [0.717, 1.165) is 6.07 Å². The Morgan fingerprint density at radius 2 is 1.93 bits per heavy atom. The van der Waals surface area contributed by atoms with Crippen LogP contribution in [-0.2, 0) is 4.79 Å². The quantitative estimate of drug-likeness (QED) is 0.538. The van der Waals surface area contributed by atoms with Crippen LogP contribution in [0.1, 0.15) is 24.9 Å². The van der Waals surface area contributed by atoms with E-state index >= 15 is 0 Å². The normalized spacial score (nSPS) is 11.8. The minimum absolute atomic E-state index is 0.0787. The van der Waals surface area contributed by atoms with Gasteiger partial charge in [0.15, 0.2) is 0 Å². The van der Waals surface area contributed by atoms with E-state index in [1.807, 2.05) is 0 Å². The first-order valence-electron chi connectivity index (χ1n) is 9.12. The monoisotopic (exact) mass is 431 g/mol. The number of carboxylic acids is 1. The van der Waals surface area contributed by atoms with E-state index in [-0.39, 0.29) is 29.2 Å². The fraction of sp³-hybridized carbons (Fsp3) is 0.190. The summed E-state index contributed by atoms with van der Waals surface area (Å²) in [4.78, 5) is 40.2. The lowest BCUT2D eigenvalue weighted by Gasteiger charge is -2.30. The van der Waals surface area contributed by atoms with Gasteiger partial charge in [-0.25, -0.2) is 9.18 Å². The van der Waals surface area contributed by atoms with Crippen LogP contribution in [0.15, 0.2) is 53.5 Å². The Balaban J connectivity index is 1.95. The molecule has 0 radical (unpaired) electrons. The van der Waals surface area contributed by atoms with Crippen molar-refractivity contribution >= 4 is 40.1 Å². The van der Waals surface area contributed by atoms with Gasteiger partial charge in [-0.1, -0.05) is 29.8 Å². The number of hydrogen-bond acceptors (Lipinski definition) is 3. The maximum absolute atomic E-state index is 13.4. The minimum Gasteiger partial charge on any atom is -0.481 e. The fourth-order valence-electron chi connectivity index (χ4n) is 3.20. The highest BCUT2D eigenvalue weighted by Gasteiger charge is 2.24. The van der Waals surface area contributed by atoms with E-state index in [4.69, 9.17) is 16.7 Å². The van der Waals surface area contributed by atoms with Gasteiger partial charge in [-0.2, -0.15) is 0 Å². The molecule has 30 heavy (non-hydrogen) atoms. The average Bonchev–Trinajstić information content (AvgIpc) is 2.71. The van der Waals surface area contributed by atoms with Gasteiger partial charge in [0.2, 0.25) is 0 Å². The van der Waals surface area contributed by atoms with E-state index in [9.17, 15) is 18.8 Å². The van der Waals surface area contributed by atoms with Crippen molar-refractivity contribution in [3.63, 3.8) is 0 Å². The number of aromatic amines is 1. The second-order valence-corrected chi connectivity index (χ2v) is 7.10. The molecule has 0 aliphatic carbocycles. The van der Waals surface area contributed by atoms with Crippen LogP contribution in [0.3, 0.4) is 0 Å². The molecule has 9 heteroatoms. The van der Waals surface area contributed by atoms with Crippen molar-refractivity contribution < 1.29 is 19.1 Å². The zero-order chi connectivity index (χ0) is 21.8. The number of nitrogens with one attached hydrogen (secondary N) is 2. The lowest BCUT2D eigenvalue weighted by molar-refractivity contribution is -0.137. The molecule has 3 N–H and O–H groups in total. The maximum atomic E-state index is 13.4. The number of pyridine rings is 1. The van der Waals surface area contributed by atoms with Crippen molar-refractivity contribution in [3.05, 3.63) is 75.4 Å². The van der Waals surface area contributed by atoms with Crippen LogP contribution in [-0.4, -0.2) is 33.5 Å². The SMILES string of the molecule is CC(c1c[nH]c(=O)c2ccccc12)N(CCC(=O)O)C(=O)Nc1ccc(F)c(Cl)c1. The Morgan fingerprint density at radius 1 is 1.23 bits per heavy atom. The first-order chi connectivity index (χ1) is 14.3. The van der Waals surface area contributed by atoms with Gasteiger partial charge in [0.05, 0.1) is 17.5 Å². The number of hydrogen-bond donors (Lipinski definition) is 3. The Bertz CT molecular complexity index is 1160. The number of carboxylic acid groups (broad SMARTS) is 1. The third kappa shape index (κ3) is 4.60. The van der Waals surface area contributed by atoms with Crippen molar-refractivity contribution in [2.24, 2.45) is 0 Å². The molecule has 1 heterocycles. The molecule has 1 unspecified atom stereocenters. The molecule has 7 nitrogen and oxygen atoms in total. The summed E-state index contributed by atoms with van der Waals surface area (Å²) in [7, 11) is 0. The number of aromatic nitrogens is 1. The van der Waals surface area contributed by atoms with Crippen LogP contribution in [0.2, 0.25) is 5.02 Å². The molecule has 2 amide bonds. The zero-order valence-electron chi connectivity index (χ0n) is 16.0. The Hall–Kier alpha value is -3.39. The Kier molecular flexibility index (Phi) is 6.37. The number of rotatable bonds is 6. The van der Waals surface area contributed by atoms with Crippen LogP contribution in [0.4, 0.5) is 14.9 Å². The van der Waals surface area contributed by atoms with Crippen LogP contribution in [0.25, 0.3) is 10.8 Å². The van der Waals surface area contributed by atoms with Gasteiger partial charge in [0.1, 0.15) is 5.82 Å². The molecule has 1 aromatic heterocycles. The van der Waals surface area contributed by atoms with Crippen LogP contribution >= 0.6 is 11.6 Å². The van der Waals surface area contributed by atoms with Gasteiger partial charge in [0.25, 0.3) is 5.56 Å². The lowest BCUT2D eigenvalue weighted by atomic mass is 10.0. The molecule has 0 fully saturated rings. The predicted octanol–water partition coefficient (Wildman–Crippen LogP) is 4.39. The van der Waals surface area contributed by atoms with Crippen LogP contribution < -0.4 is 10.9 Å². The maximum Gasteiger partial charge on any atom is 0.322 e. The van der Waals surface area contributed by atoms with Crippen molar-refractivity contribution in [1.82, 2.24) is 9.88 Å². The standard InChI is InChI=1S/C21H19ClFN3O4/c1-12(16-11-24-20(29)15-5-3-2-4-14(15)16)26(9-8-19(27)28)21(30)25-13-6-7-18(23)17(22)10-13/h2-7,10-12H,8-9H2,1H3,(H,24,29)(H,25,30)(H,27,28). The van der Waals surface area contributed by atoms with Gasteiger partial charge in [0, 0.05) is 23.8 Å². The Morgan fingerprint density at radius 3 is 2.60 bits per heavy atom. The van der Waals surface area contributed by atoms with E-state index in [0.29, 0.717) is 16.3 Å². The Labute approximate surface area is 176 Å². The molecule has 1 atom stereocenters. The molecule has 2 aromatic carbocycles. The van der Waals surface area contributed by atoms with Crippen molar-refractivity contribution in [2.45, 2.75) is 19.4 Å².